The van der Waals surface area contributed by atoms with E-state index < -0.39 is 47.8 Å². The molecule has 3 aliphatic heterocycles. The number of aromatic hydroxyl groups is 1. The first kappa shape index (κ1) is 40.7. The highest BCUT2D eigenvalue weighted by atomic mass is 19.4. The number of rotatable bonds is 8. The molecule has 0 radical (unpaired) electrons. The molecule has 2 fully saturated rings. The zero-order valence-electron chi connectivity index (χ0n) is 31.3. The summed E-state index contributed by atoms with van der Waals surface area (Å²) in [6.07, 6.45) is -1.91. The van der Waals surface area contributed by atoms with Gasteiger partial charge in [0.25, 0.3) is 5.60 Å². The van der Waals surface area contributed by atoms with Crippen molar-refractivity contribution in [2.24, 2.45) is 5.92 Å². The van der Waals surface area contributed by atoms with Crippen LogP contribution in [0, 0.1) is 29.9 Å². The van der Waals surface area contributed by atoms with Crippen LogP contribution in [-0.4, -0.2) is 93.9 Å². The zero-order chi connectivity index (χ0) is 40.9. The van der Waals surface area contributed by atoms with Crippen molar-refractivity contribution in [3.63, 3.8) is 0 Å². The van der Waals surface area contributed by atoms with Crippen LogP contribution >= 0.6 is 0 Å². The molecule has 2 aromatic heterocycles. The van der Waals surface area contributed by atoms with Gasteiger partial charge < -0.3 is 25.2 Å². The van der Waals surface area contributed by atoms with Gasteiger partial charge in [-0.05, 0) is 88.0 Å². The average molecular weight is 807 g/mol. The summed E-state index contributed by atoms with van der Waals surface area (Å²) in [5.74, 6) is 1.01. The first-order chi connectivity index (χ1) is 27.0. The predicted molar refractivity (Wildman–Crippen MR) is 197 cm³/mol. The third-order valence-corrected chi connectivity index (χ3v) is 11.8. The Morgan fingerprint density at radius 1 is 1.02 bits per heavy atom. The first-order valence-corrected chi connectivity index (χ1v) is 18.9. The standard InChI is InChI=1S/C40H42F8N6O3/c1-4-22-7-10-29-31-34(32(42)33(51-29)27-18-25(55)17-23-8-9-28(41)26(5-2)30(23)27)52-36(53-35(31)50-15-14-49-19-22)56-21-38-12-6-16-54(38)24(11-13-38)20-57-37(3,39(43,44)45)40(46,47)48/h2,8-9,17-18,22,24,49,55H,4,6-7,10-16,19-21H2,1,3H3,(H,50,52,53)/t22?,24-,38?/m0/s1. The van der Waals surface area contributed by atoms with Crippen LogP contribution in [0.15, 0.2) is 24.3 Å². The normalized spacial score (nSPS) is 22.3. The van der Waals surface area contributed by atoms with Crippen LogP contribution in [-0.2, 0) is 11.2 Å². The number of ether oxygens (including phenoxy) is 2. The smallest absolute Gasteiger partial charge is 0.426 e. The maximum Gasteiger partial charge on any atom is 0.426 e. The van der Waals surface area contributed by atoms with Gasteiger partial charge in [-0.15, -0.1) is 6.42 Å². The van der Waals surface area contributed by atoms with Crippen LogP contribution in [0.25, 0.3) is 32.9 Å². The summed E-state index contributed by atoms with van der Waals surface area (Å²) in [6, 6.07) is 4.29. The van der Waals surface area contributed by atoms with Gasteiger partial charge in [0.05, 0.1) is 28.8 Å². The lowest BCUT2D eigenvalue weighted by Gasteiger charge is -2.37. The number of benzene rings is 2. The molecule has 3 atom stereocenters. The molecule has 7 rings (SSSR count). The molecule has 0 bridgehead atoms. The lowest BCUT2D eigenvalue weighted by atomic mass is 9.94. The Hall–Kier alpha value is -4.53. The molecule has 57 heavy (non-hydrogen) atoms. The van der Waals surface area contributed by atoms with Gasteiger partial charge in [0.15, 0.2) is 5.82 Å². The Bertz CT molecular complexity index is 2200. The summed E-state index contributed by atoms with van der Waals surface area (Å²) in [5.41, 5.74) is -5.11. The van der Waals surface area contributed by atoms with Crippen LogP contribution in [0.5, 0.6) is 11.8 Å². The summed E-state index contributed by atoms with van der Waals surface area (Å²) in [4.78, 5) is 15.8. The number of anilines is 1. The van der Waals surface area contributed by atoms with Crippen LogP contribution in [0.3, 0.4) is 0 Å². The zero-order valence-corrected chi connectivity index (χ0v) is 31.3. The van der Waals surface area contributed by atoms with Crippen LogP contribution in [0.4, 0.5) is 40.9 Å². The van der Waals surface area contributed by atoms with Gasteiger partial charge in [-0.3, -0.25) is 4.90 Å². The lowest BCUT2D eigenvalue weighted by molar-refractivity contribution is -0.375. The topological polar surface area (TPSA) is 105 Å². The number of pyridine rings is 1. The quantitative estimate of drug-likeness (QED) is 0.121. The number of halogens is 8. The van der Waals surface area contributed by atoms with Crippen molar-refractivity contribution in [2.75, 3.05) is 44.7 Å². The number of nitrogens with zero attached hydrogens (tertiary/aromatic N) is 4. The molecule has 3 aliphatic rings. The minimum absolute atomic E-state index is 0.00550. The molecular weight excluding hydrogens is 764 g/mol. The molecule has 2 unspecified atom stereocenters. The largest absolute Gasteiger partial charge is 0.508 e. The molecule has 0 aliphatic carbocycles. The van der Waals surface area contributed by atoms with E-state index in [9.17, 15) is 31.4 Å². The van der Waals surface area contributed by atoms with E-state index in [1.165, 1.54) is 18.2 Å². The number of fused-ring (bicyclic) bond motifs is 2. The van der Waals surface area contributed by atoms with Crippen molar-refractivity contribution in [2.45, 2.75) is 88.3 Å². The van der Waals surface area contributed by atoms with E-state index in [4.69, 9.17) is 16.1 Å². The van der Waals surface area contributed by atoms with Crippen molar-refractivity contribution < 1.29 is 49.7 Å². The van der Waals surface area contributed by atoms with E-state index >= 15 is 8.78 Å². The van der Waals surface area contributed by atoms with Crippen molar-refractivity contribution in [3.8, 4) is 35.4 Å². The van der Waals surface area contributed by atoms with Crippen molar-refractivity contribution in [3.05, 3.63) is 47.2 Å². The molecule has 0 amide bonds. The molecular formula is C40H42F8N6O3. The van der Waals surface area contributed by atoms with Crippen LogP contribution in [0.2, 0.25) is 0 Å². The number of phenolic OH excluding ortho intramolecular Hbond substituents is 1. The summed E-state index contributed by atoms with van der Waals surface area (Å²) in [5, 5.41) is 18.3. The minimum Gasteiger partial charge on any atom is -0.508 e. The Labute approximate surface area is 323 Å². The maximum absolute atomic E-state index is 17.2. The van der Waals surface area contributed by atoms with E-state index in [1.54, 1.807) is 0 Å². The SMILES string of the molecule is C#Cc1c(F)ccc2cc(O)cc(-c3nc4c5c(nc(OCC67CCCN6[C@H](COC(C)(C(F)(F)F)C(F)(F)F)CC7)nc5c3F)NCCNCC(CC)CC4)c12. The highest BCUT2D eigenvalue weighted by Gasteiger charge is 2.69. The monoisotopic (exact) mass is 806 g/mol. The van der Waals surface area contributed by atoms with Crippen LogP contribution in [0.1, 0.15) is 63.6 Å². The Kier molecular flexibility index (Phi) is 10.9. The number of hydrogen-bond donors (Lipinski definition) is 3. The molecule has 17 heteroatoms. The van der Waals surface area contributed by atoms with Gasteiger partial charge in [0.1, 0.15) is 35.2 Å². The number of phenols is 1. The Balaban J connectivity index is 1.28. The Morgan fingerprint density at radius 3 is 2.51 bits per heavy atom. The second-order valence-electron chi connectivity index (χ2n) is 15.2. The fourth-order valence-corrected chi connectivity index (χ4v) is 8.47. The van der Waals surface area contributed by atoms with Gasteiger partial charge in [0, 0.05) is 30.1 Å². The molecule has 3 N–H and O–H groups in total. The van der Waals surface area contributed by atoms with Gasteiger partial charge in [0.2, 0.25) is 0 Å². The number of hydrogen-bond acceptors (Lipinski definition) is 9. The summed E-state index contributed by atoms with van der Waals surface area (Å²) < 4.78 is 125. The van der Waals surface area contributed by atoms with E-state index in [0.717, 1.165) is 19.0 Å². The highest BCUT2D eigenvalue weighted by Crippen LogP contribution is 2.48. The Morgan fingerprint density at radius 2 is 1.79 bits per heavy atom. The summed E-state index contributed by atoms with van der Waals surface area (Å²) >= 11 is 0. The van der Waals surface area contributed by atoms with E-state index in [0.29, 0.717) is 68.2 Å². The van der Waals surface area contributed by atoms with Gasteiger partial charge >= 0.3 is 18.4 Å². The number of nitrogens with one attached hydrogen (secondary N) is 2. The van der Waals surface area contributed by atoms with Crippen LogP contribution < -0.4 is 15.4 Å². The third-order valence-electron chi connectivity index (χ3n) is 11.8. The van der Waals surface area contributed by atoms with E-state index in [1.807, 2.05) is 4.90 Å². The first-order valence-electron chi connectivity index (χ1n) is 18.9. The minimum atomic E-state index is -5.68. The van der Waals surface area contributed by atoms with E-state index in [2.05, 4.69) is 38.2 Å². The molecule has 0 spiro atoms. The van der Waals surface area contributed by atoms with Gasteiger partial charge in [-0.1, -0.05) is 25.3 Å². The van der Waals surface area contributed by atoms with Gasteiger partial charge in [-0.2, -0.15) is 36.3 Å². The predicted octanol–water partition coefficient (Wildman–Crippen LogP) is 8.06. The lowest BCUT2D eigenvalue weighted by Crippen LogP contribution is -2.58. The number of alkyl halides is 6. The fraction of sp³-hybridized carbons (Fsp3) is 0.525. The second-order valence-corrected chi connectivity index (χ2v) is 15.2. The molecule has 9 nitrogen and oxygen atoms in total. The molecule has 2 saturated heterocycles. The van der Waals surface area contributed by atoms with E-state index in [-0.39, 0.29) is 71.2 Å². The highest BCUT2D eigenvalue weighted by molar-refractivity contribution is 6.03. The fourth-order valence-electron chi connectivity index (χ4n) is 8.47. The number of terminal acetylenes is 1. The third kappa shape index (κ3) is 7.40. The summed E-state index contributed by atoms with van der Waals surface area (Å²) in [6.45, 7) is 3.25. The molecule has 4 aromatic rings. The second kappa shape index (κ2) is 15.3. The molecule has 2 aromatic carbocycles. The number of aryl methyl sites for hydroxylation is 1. The summed E-state index contributed by atoms with van der Waals surface area (Å²) in [7, 11) is 0. The molecule has 306 valence electrons. The van der Waals surface area contributed by atoms with Crippen molar-refractivity contribution >= 4 is 27.5 Å². The molecule has 5 heterocycles. The maximum atomic E-state index is 17.2. The average Bonchev–Trinajstić information content (AvgIpc) is 3.72. The van der Waals surface area contributed by atoms with Gasteiger partial charge in [-0.25, -0.2) is 13.8 Å². The number of aromatic nitrogens is 3. The molecule has 0 saturated carbocycles. The van der Waals surface area contributed by atoms with Crippen molar-refractivity contribution in [1.29, 1.82) is 0 Å². The van der Waals surface area contributed by atoms with Crippen molar-refractivity contribution in [1.82, 2.24) is 25.2 Å².